The quantitative estimate of drug-likeness (QED) is 0.804. The minimum Gasteiger partial charge on any atom is -0.480 e. The molecule has 0 saturated heterocycles. The van der Waals surface area contributed by atoms with Crippen LogP contribution in [0.3, 0.4) is 0 Å². The smallest absolute Gasteiger partial charge is 0.323 e. The van der Waals surface area contributed by atoms with Crippen molar-refractivity contribution in [1.82, 2.24) is 9.36 Å². The lowest BCUT2D eigenvalue weighted by atomic mass is 10.3. The number of carbonyl (C=O) groups is 1. The Kier molecular flexibility index (Phi) is 3.93. The Morgan fingerprint density at radius 3 is 2.94 bits per heavy atom. The Morgan fingerprint density at radius 2 is 2.35 bits per heavy atom. The molecule has 6 heteroatoms. The molecule has 0 bridgehead atoms. The Balaban J connectivity index is 2.03. The molecule has 5 nitrogen and oxygen atoms in total. The molecule has 0 atom stereocenters. The maximum atomic E-state index is 10.8. The van der Waals surface area contributed by atoms with E-state index in [1.807, 2.05) is 4.90 Å². The molecule has 1 aromatic rings. The first-order chi connectivity index (χ1) is 8.19. The first kappa shape index (κ1) is 12.3. The third-order valence-corrected chi connectivity index (χ3v) is 3.52. The highest BCUT2D eigenvalue weighted by Gasteiger charge is 2.27. The minimum absolute atomic E-state index is 0.0251. The van der Waals surface area contributed by atoms with Crippen molar-refractivity contribution in [3.8, 4) is 0 Å². The van der Waals surface area contributed by atoms with Crippen LogP contribution in [-0.2, 0) is 11.2 Å². The SMILES string of the molecule is CCCc1nsc(N(CC(=O)O)CC2CC2)n1. The normalized spacial score (nSPS) is 14.9. The summed E-state index contributed by atoms with van der Waals surface area (Å²) in [5.74, 6) is 0.671. The predicted molar refractivity (Wildman–Crippen MR) is 66.5 cm³/mol. The van der Waals surface area contributed by atoms with Gasteiger partial charge in [0.15, 0.2) is 0 Å². The van der Waals surface area contributed by atoms with E-state index < -0.39 is 5.97 Å². The number of hydrogen-bond acceptors (Lipinski definition) is 5. The van der Waals surface area contributed by atoms with Crippen molar-refractivity contribution in [2.75, 3.05) is 18.0 Å². The first-order valence-corrected chi connectivity index (χ1v) is 6.75. The van der Waals surface area contributed by atoms with E-state index in [9.17, 15) is 4.79 Å². The monoisotopic (exact) mass is 255 g/mol. The molecule has 94 valence electrons. The highest BCUT2D eigenvalue weighted by Crippen LogP contribution is 2.31. The number of nitrogens with zero attached hydrogens (tertiary/aromatic N) is 3. The zero-order chi connectivity index (χ0) is 12.3. The fourth-order valence-electron chi connectivity index (χ4n) is 1.68. The summed E-state index contributed by atoms with van der Waals surface area (Å²) in [6.07, 6.45) is 4.28. The van der Waals surface area contributed by atoms with Gasteiger partial charge in [0.05, 0.1) is 0 Å². The first-order valence-electron chi connectivity index (χ1n) is 5.98. The van der Waals surface area contributed by atoms with Crippen molar-refractivity contribution in [3.05, 3.63) is 5.82 Å². The summed E-state index contributed by atoms with van der Waals surface area (Å²) in [5.41, 5.74) is 0. The van der Waals surface area contributed by atoms with Crippen molar-refractivity contribution in [1.29, 1.82) is 0 Å². The van der Waals surface area contributed by atoms with Crippen molar-refractivity contribution in [3.63, 3.8) is 0 Å². The Morgan fingerprint density at radius 1 is 1.59 bits per heavy atom. The fraction of sp³-hybridized carbons (Fsp3) is 0.727. The van der Waals surface area contributed by atoms with Gasteiger partial charge in [-0.3, -0.25) is 4.79 Å². The largest absolute Gasteiger partial charge is 0.480 e. The third-order valence-electron chi connectivity index (χ3n) is 2.70. The van der Waals surface area contributed by atoms with E-state index >= 15 is 0 Å². The number of anilines is 1. The van der Waals surface area contributed by atoms with E-state index in [-0.39, 0.29) is 6.54 Å². The van der Waals surface area contributed by atoms with E-state index in [0.717, 1.165) is 30.3 Å². The summed E-state index contributed by atoms with van der Waals surface area (Å²) in [6, 6.07) is 0. The molecule has 2 rings (SSSR count). The van der Waals surface area contributed by atoms with Gasteiger partial charge in [0, 0.05) is 24.5 Å². The van der Waals surface area contributed by atoms with Gasteiger partial charge in [-0.1, -0.05) is 6.92 Å². The van der Waals surface area contributed by atoms with Gasteiger partial charge in [-0.15, -0.1) is 0 Å². The number of carboxylic acids is 1. The maximum Gasteiger partial charge on any atom is 0.323 e. The van der Waals surface area contributed by atoms with Crippen LogP contribution in [0, 0.1) is 5.92 Å². The molecule has 0 unspecified atom stereocenters. The number of aliphatic carboxylic acids is 1. The highest BCUT2D eigenvalue weighted by molar-refractivity contribution is 7.09. The van der Waals surface area contributed by atoms with Gasteiger partial charge in [-0.25, -0.2) is 4.98 Å². The van der Waals surface area contributed by atoms with Gasteiger partial charge >= 0.3 is 5.97 Å². The topological polar surface area (TPSA) is 66.3 Å². The lowest BCUT2D eigenvalue weighted by molar-refractivity contribution is -0.135. The van der Waals surface area contributed by atoms with Gasteiger partial charge in [-0.2, -0.15) is 4.37 Å². The molecular formula is C11H17N3O2S. The number of hydrogen-bond donors (Lipinski definition) is 1. The minimum atomic E-state index is -0.808. The molecule has 1 aliphatic carbocycles. The van der Waals surface area contributed by atoms with Crippen molar-refractivity contribution in [2.45, 2.75) is 32.6 Å². The summed E-state index contributed by atoms with van der Waals surface area (Å²) in [5, 5.41) is 9.66. The van der Waals surface area contributed by atoms with Gasteiger partial charge in [-0.05, 0) is 25.2 Å². The van der Waals surface area contributed by atoms with E-state index in [2.05, 4.69) is 16.3 Å². The molecule has 1 aliphatic rings. The Hall–Kier alpha value is -1.17. The molecule has 0 aromatic carbocycles. The molecular weight excluding hydrogens is 238 g/mol. The lowest BCUT2D eigenvalue weighted by Crippen LogP contribution is -2.31. The van der Waals surface area contributed by atoms with Crippen LogP contribution in [0.25, 0.3) is 0 Å². The third kappa shape index (κ3) is 3.66. The summed E-state index contributed by atoms with van der Waals surface area (Å²) in [6.45, 7) is 2.91. The van der Waals surface area contributed by atoms with Crippen molar-refractivity contribution >= 4 is 22.6 Å². The van der Waals surface area contributed by atoms with Crippen molar-refractivity contribution in [2.24, 2.45) is 5.92 Å². The van der Waals surface area contributed by atoms with Crippen LogP contribution in [0.4, 0.5) is 5.13 Å². The number of aryl methyl sites for hydroxylation is 1. The van der Waals surface area contributed by atoms with Crippen LogP contribution in [0.1, 0.15) is 32.0 Å². The van der Waals surface area contributed by atoms with Crippen molar-refractivity contribution < 1.29 is 9.90 Å². The van der Waals surface area contributed by atoms with E-state index in [1.165, 1.54) is 24.4 Å². The lowest BCUT2D eigenvalue weighted by Gasteiger charge is -2.18. The standard InChI is InChI=1S/C11H17N3O2S/c1-2-3-9-12-11(17-13-9)14(7-10(15)16)6-8-4-5-8/h8H,2-7H2,1H3,(H,15,16). The van der Waals surface area contributed by atoms with E-state index in [0.29, 0.717) is 5.92 Å². The van der Waals surface area contributed by atoms with Gasteiger partial charge < -0.3 is 10.0 Å². The number of aromatic nitrogens is 2. The van der Waals surface area contributed by atoms with Crippen LogP contribution < -0.4 is 4.90 Å². The average molecular weight is 255 g/mol. The van der Waals surface area contributed by atoms with Crippen LogP contribution in [-0.4, -0.2) is 33.5 Å². The second-order valence-electron chi connectivity index (χ2n) is 4.46. The molecule has 0 amide bonds. The molecule has 1 heterocycles. The highest BCUT2D eigenvalue weighted by atomic mass is 32.1. The molecule has 1 aromatic heterocycles. The Bertz CT molecular complexity index is 390. The maximum absolute atomic E-state index is 10.8. The molecule has 1 fully saturated rings. The van der Waals surface area contributed by atoms with E-state index in [1.54, 1.807) is 0 Å². The second-order valence-corrected chi connectivity index (χ2v) is 5.19. The van der Waals surface area contributed by atoms with Crippen LogP contribution in [0.2, 0.25) is 0 Å². The molecule has 1 saturated carbocycles. The van der Waals surface area contributed by atoms with Gasteiger partial charge in [0.2, 0.25) is 5.13 Å². The summed E-state index contributed by atoms with van der Waals surface area (Å²) >= 11 is 1.31. The molecule has 0 aliphatic heterocycles. The fourth-order valence-corrected chi connectivity index (χ4v) is 2.40. The van der Waals surface area contributed by atoms with Crippen LogP contribution >= 0.6 is 11.5 Å². The summed E-state index contributed by atoms with van der Waals surface area (Å²) in [7, 11) is 0. The van der Waals surface area contributed by atoms with Crippen LogP contribution in [0.15, 0.2) is 0 Å². The zero-order valence-electron chi connectivity index (χ0n) is 9.93. The molecule has 17 heavy (non-hydrogen) atoms. The molecule has 1 N–H and O–H groups in total. The second kappa shape index (κ2) is 5.44. The van der Waals surface area contributed by atoms with Gasteiger partial charge in [0.25, 0.3) is 0 Å². The summed E-state index contributed by atoms with van der Waals surface area (Å²) < 4.78 is 4.26. The number of rotatable bonds is 7. The zero-order valence-corrected chi connectivity index (χ0v) is 10.7. The Labute approximate surface area is 105 Å². The number of carboxylic acid groups (broad SMARTS) is 1. The summed E-state index contributed by atoms with van der Waals surface area (Å²) in [4.78, 5) is 17.1. The van der Waals surface area contributed by atoms with Gasteiger partial charge in [0.1, 0.15) is 12.4 Å². The van der Waals surface area contributed by atoms with Crippen LogP contribution in [0.5, 0.6) is 0 Å². The molecule has 0 radical (unpaired) electrons. The molecule has 0 spiro atoms. The predicted octanol–water partition coefficient (Wildman–Crippen LogP) is 1.79. The average Bonchev–Trinajstić information content (AvgIpc) is 2.95. The van der Waals surface area contributed by atoms with E-state index in [4.69, 9.17) is 5.11 Å².